The van der Waals surface area contributed by atoms with E-state index in [0.717, 1.165) is 11.1 Å². The van der Waals surface area contributed by atoms with Crippen LogP contribution < -0.4 is 10.1 Å². The Labute approximate surface area is 198 Å². The molecule has 3 unspecified atom stereocenters. The number of carbonyl (C=O) groups is 3. The molecule has 3 atom stereocenters. The summed E-state index contributed by atoms with van der Waals surface area (Å²) in [6.07, 6.45) is 0.492. The molecule has 5 rings (SSSR count). The van der Waals surface area contributed by atoms with Gasteiger partial charge in [-0.05, 0) is 29.7 Å². The number of benzene rings is 2. The van der Waals surface area contributed by atoms with Crippen molar-refractivity contribution in [2.24, 2.45) is 0 Å². The average molecular weight is 454 g/mol. The molecular formula is C25H27N3O5. The van der Waals surface area contributed by atoms with E-state index in [2.05, 4.69) is 5.32 Å². The molecule has 3 amide bonds. The quantitative estimate of drug-likeness (QED) is 0.672. The van der Waals surface area contributed by atoms with E-state index >= 15 is 0 Å². The fraction of sp³-hybridized carbons (Fsp3) is 0.400. The van der Waals surface area contributed by atoms with Gasteiger partial charge in [-0.1, -0.05) is 30.3 Å². The van der Waals surface area contributed by atoms with Gasteiger partial charge in [0.25, 0.3) is 5.91 Å². The zero-order valence-electron chi connectivity index (χ0n) is 22.0. The number of ether oxygens (including phenoxy) is 2. The highest BCUT2D eigenvalue weighted by Gasteiger charge is 2.40. The zero-order valence-corrected chi connectivity index (χ0v) is 18.0. The maximum absolute atomic E-state index is 13.0. The number of imide groups is 1. The molecule has 172 valence electrons. The first-order chi connectivity index (χ1) is 17.6. The molecule has 0 aromatic heterocycles. The summed E-state index contributed by atoms with van der Waals surface area (Å²) in [7, 11) is 0. The molecule has 8 nitrogen and oxygen atoms in total. The minimum Gasteiger partial charge on any atom is -0.489 e. The second kappa shape index (κ2) is 9.33. The molecule has 3 heterocycles. The van der Waals surface area contributed by atoms with Gasteiger partial charge in [0.15, 0.2) is 0 Å². The SMILES string of the molecule is [2H]C1CN(Cc2ccc(COc3cccc4c3CN(C3CCC(=O)NC3=O)C4=O)cc2)C([2H])C([2H])([2H])O1. The van der Waals surface area contributed by atoms with Crippen LogP contribution in [0, 0.1) is 0 Å². The van der Waals surface area contributed by atoms with Gasteiger partial charge in [-0.25, -0.2) is 0 Å². The van der Waals surface area contributed by atoms with Crippen molar-refractivity contribution in [1.82, 2.24) is 15.1 Å². The smallest absolute Gasteiger partial charge is 0.255 e. The molecule has 3 aliphatic rings. The number of hydrogen-bond acceptors (Lipinski definition) is 6. The molecule has 8 heteroatoms. The van der Waals surface area contributed by atoms with Gasteiger partial charge in [-0.15, -0.1) is 0 Å². The molecule has 0 bridgehead atoms. The Hall–Kier alpha value is -3.23. The molecule has 0 spiro atoms. The number of rotatable bonds is 6. The summed E-state index contributed by atoms with van der Waals surface area (Å²) in [5.74, 6) is -0.484. The van der Waals surface area contributed by atoms with Crippen LogP contribution in [0.5, 0.6) is 5.75 Å². The Kier molecular flexibility index (Phi) is 4.88. The van der Waals surface area contributed by atoms with E-state index in [0.29, 0.717) is 29.8 Å². The van der Waals surface area contributed by atoms with Gasteiger partial charge in [0.2, 0.25) is 11.8 Å². The van der Waals surface area contributed by atoms with E-state index in [9.17, 15) is 14.4 Å². The Morgan fingerprint density at radius 1 is 1.12 bits per heavy atom. The largest absolute Gasteiger partial charge is 0.489 e. The number of carbonyl (C=O) groups excluding carboxylic acids is 3. The summed E-state index contributed by atoms with van der Waals surface area (Å²) in [6.45, 7) is -3.53. The summed E-state index contributed by atoms with van der Waals surface area (Å²) in [4.78, 5) is 39.8. The van der Waals surface area contributed by atoms with E-state index in [1.807, 2.05) is 24.3 Å². The van der Waals surface area contributed by atoms with Crippen molar-refractivity contribution in [3.8, 4) is 5.75 Å². The molecule has 0 saturated carbocycles. The summed E-state index contributed by atoms with van der Waals surface area (Å²) < 4.78 is 42.5. The molecule has 2 aromatic rings. The molecule has 2 aromatic carbocycles. The van der Waals surface area contributed by atoms with Crippen molar-refractivity contribution >= 4 is 17.7 Å². The highest BCUT2D eigenvalue weighted by Crippen LogP contribution is 2.34. The molecule has 3 aliphatic heterocycles. The first-order valence-corrected chi connectivity index (χ1v) is 10.9. The number of morpholine rings is 1. The number of nitrogens with one attached hydrogen (secondary N) is 1. The Morgan fingerprint density at radius 3 is 2.76 bits per heavy atom. The first kappa shape index (κ1) is 17.3. The second-order valence-electron chi connectivity index (χ2n) is 8.25. The maximum Gasteiger partial charge on any atom is 0.255 e. The summed E-state index contributed by atoms with van der Waals surface area (Å²) in [5, 5.41) is 2.30. The van der Waals surface area contributed by atoms with E-state index < -0.39 is 31.6 Å². The van der Waals surface area contributed by atoms with Crippen LogP contribution in [0.25, 0.3) is 0 Å². The highest BCUT2D eigenvalue weighted by molar-refractivity contribution is 6.05. The van der Waals surface area contributed by atoms with Gasteiger partial charge >= 0.3 is 0 Å². The van der Waals surface area contributed by atoms with Crippen LogP contribution in [0.2, 0.25) is 0 Å². The predicted octanol–water partition coefficient (Wildman–Crippen LogP) is 1.86. The number of amides is 3. The van der Waals surface area contributed by atoms with Crippen LogP contribution >= 0.6 is 0 Å². The topological polar surface area (TPSA) is 88.2 Å². The minimum absolute atomic E-state index is 0.145. The van der Waals surface area contributed by atoms with Crippen molar-refractivity contribution in [1.29, 1.82) is 0 Å². The van der Waals surface area contributed by atoms with E-state index in [4.69, 9.17) is 15.0 Å². The van der Waals surface area contributed by atoms with Crippen molar-refractivity contribution < 1.29 is 29.3 Å². The fourth-order valence-electron chi connectivity index (χ4n) is 4.28. The number of hydrogen-bond donors (Lipinski definition) is 1. The van der Waals surface area contributed by atoms with Crippen LogP contribution in [0.4, 0.5) is 0 Å². The second-order valence-corrected chi connectivity index (χ2v) is 8.25. The van der Waals surface area contributed by atoms with Gasteiger partial charge in [0.1, 0.15) is 18.4 Å². The van der Waals surface area contributed by atoms with Crippen molar-refractivity contribution in [3.63, 3.8) is 0 Å². The summed E-state index contributed by atoms with van der Waals surface area (Å²) in [6, 6.07) is 12.1. The monoisotopic (exact) mass is 453 g/mol. The van der Waals surface area contributed by atoms with Gasteiger partial charge in [-0.2, -0.15) is 0 Å². The van der Waals surface area contributed by atoms with Crippen LogP contribution in [0.3, 0.4) is 0 Å². The summed E-state index contributed by atoms with van der Waals surface area (Å²) in [5.41, 5.74) is 2.95. The fourth-order valence-corrected chi connectivity index (χ4v) is 4.28. The normalized spacial score (nSPS) is 28.9. The Balaban J connectivity index is 1.22. The summed E-state index contributed by atoms with van der Waals surface area (Å²) >= 11 is 0. The van der Waals surface area contributed by atoms with Gasteiger partial charge < -0.3 is 14.4 Å². The average Bonchev–Trinajstić information content (AvgIpc) is 3.18. The number of fused-ring (bicyclic) bond motifs is 1. The third kappa shape index (κ3) is 4.62. The maximum atomic E-state index is 13.0. The van der Waals surface area contributed by atoms with Crippen LogP contribution in [-0.4, -0.2) is 59.8 Å². The molecule has 0 radical (unpaired) electrons. The zero-order chi connectivity index (χ0) is 26.3. The Morgan fingerprint density at radius 2 is 1.94 bits per heavy atom. The molecule has 1 N–H and O–H groups in total. The van der Waals surface area contributed by atoms with Crippen molar-refractivity contribution in [2.75, 3.05) is 26.2 Å². The van der Waals surface area contributed by atoms with E-state index in [1.165, 1.54) is 4.90 Å². The Bertz CT molecular complexity index is 1230. The molecule has 33 heavy (non-hydrogen) atoms. The van der Waals surface area contributed by atoms with Crippen molar-refractivity contribution in [3.05, 3.63) is 64.7 Å². The minimum atomic E-state index is -2.20. The van der Waals surface area contributed by atoms with E-state index in [1.54, 1.807) is 23.1 Å². The van der Waals surface area contributed by atoms with Crippen LogP contribution in [0.1, 0.15) is 45.4 Å². The molecular weight excluding hydrogens is 422 g/mol. The van der Waals surface area contributed by atoms with Crippen molar-refractivity contribution in [2.45, 2.75) is 38.6 Å². The number of nitrogens with zero attached hydrogens (tertiary/aromatic N) is 2. The number of piperidine rings is 1. The lowest BCUT2D eigenvalue weighted by Gasteiger charge is -2.29. The highest BCUT2D eigenvalue weighted by atomic mass is 16.5. The molecule has 2 fully saturated rings. The van der Waals surface area contributed by atoms with Gasteiger partial charge in [-0.3, -0.25) is 24.6 Å². The molecule has 0 aliphatic carbocycles. The third-order valence-corrected chi connectivity index (χ3v) is 6.04. The first-order valence-electron chi connectivity index (χ1n) is 13.0. The van der Waals surface area contributed by atoms with Crippen LogP contribution in [-0.2, 0) is 34.0 Å². The van der Waals surface area contributed by atoms with E-state index in [-0.39, 0.29) is 37.9 Å². The predicted molar refractivity (Wildman–Crippen MR) is 119 cm³/mol. The lowest BCUT2D eigenvalue weighted by Crippen LogP contribution is -2.52. The lowest BCUT2D eigenvalue weighted by molar-refractivity contribution is -0.136. The third-order valence-electron chi connectivity index (χ3n) is 6.04. The van der Waals surface area contributed by atoms with Gasteiger partial charge in [0.05, 0.1) is 23.8 Å². The van der Waals surface area contributed by atoms with Crippen LogP contribution in [0.15, 0.2) is 42.5 Å². The molecule has 2 saturated heterocycles. The standard InChI is InChI=1S/C25H27N3O5/c29-23-9-8-21(24(30)26-23)28-15-20-19(25(28)31)2-1-3-22(20)33-16-18-6-4-17(5-7-18)14-27-10-12-32-13-11-27/h1-7,21H,8-16H2,(H,26,29,30)/i10D,12D2,13D. The van der Waals surface area contributed by atoms with Gasteiger partial charge in [0, 0.05) is 38.5 Å². The lowest BCUT2D eigenvalue weighted by atomic mass is 10.0.